The van der Waals surface area contributed by atoms with E-state index in [4.69, 9.17) is 23.2 Å². The van der Waals surface area contributed by atoms with Crippen LogP contribution in [0.25, 0.3) is 0 Å². The second-order valence-corrected chi connectivity index (χ2v) is 5.33. The van der Waals surface area contributed by atoms with Crippen LogP contribution in [0.2, 0.25) is 0 Å². The van der Waals surface area contributed by atoms with Crippen LogP contribution in [0.1, 0.15) is 0 Å². The molecule has 80 valence electrons. The number of rotatable bonds is 4. The number of hydrogen-bond acceptors (Lipinski definition) is 3. The Morgan fingerprint density at radius 3 is 1.21 bits per heavy atom. The van der Waals surface area contributed by atoms with E-state index >= 15 is 0 Å². The molecule has 0 amide bonds. The summed E-state index contributed by atoms with van der Waals surface area (Å²) in [5.41, 5.74) is 0. The lowest BCUT2D eigenvalue weighted by Gasteiger charge is -2.42. The van der Waals surface area contributed by atoms with Crippen LogP contribution < -0.4 is 0 Å². The molecule has 3 fully saturated rings. The predicted molar refractivity (Wildman–Crippen MR) is 53.0 cm³/mol. The van der Waals surface area contributed by atoms with Crippen molar-refractivity contribution in [2.75, 3.05) is 39.3 Å². The van der Waals surface area contributed by atoms with E-state index in [1.807, 2.05) is 14.7 Å². The normalized spacial score (nSPS) is 29.4. The minimum Gasteiger partial charge on any atom is -0.265 e. The molecule has 0 aromatic rings. The maximum atomic E-state index is 14.0. The Labute approximate surface area is 92.3 Å². The standard InChI is InChI=1S/C8H12Cl2FN3/c9-7(10,11)8(12-1-2-12,13-3-4-13)14-5-6-14/h1-6H2. The van der Waals surface area contributed by atoms with Gasteiger partial charge in [-0.25, -0.2) is 4.39 Å². The van der Waals surface area contributed by atoms with Crippen LogP contribution in [-0.2, 0) is 0 Å². The molecule has 3 aliphatic heterocycles. The molecule has 0 N–H and O–H groups in total. The van der Waals surface area contributed by atoms with Gasteiger partial charge in [0.1, 0.15) is 0 Å². The van der Waals surface area contributed by atoms with Crippen LogP contribution in [0.5, 0.6) is 0 Å². The Hall–Kier alpha value is 0.390. The number of alkyl halides is 3. The first-order chi connectivity index (χ1) is 6.57. The summed E-state index contributed by atoms with van der Waals surface area (Å²) in [4.78, 5) is 6.02. The Balaban J connectivity index is 1.96. The van der Waals surface area contributed by atoms with Crippen LogP contribution in [0.3, 0.4) is 0 Å². The van der Waals surface area contributed by atoms with Crippen molar-refractivity contribution in [3.8, 4) is 0 Å². The maximum Gasteiger partial charge on any atom is 0.303 e. The molecule has 3 nitrogen and oxygen atoms in total. The van der Waals surface area contributed by atoms with E-state index in [2.05, 4.69) is 0 Å². The molecule has 0 radical (unpaired) electrons. The summed E-state index contributed by atoms with van der Waals surface area (Å²) in [7, 11) is 0. The van der Waals surface area contributed by atoms with Crippen molar-refractivity contribution in [1.29, 1.82) is 0 Å². The van der Waals surface area contributed by atoms with Gasteiger partial charge in [-0.1, -0.05) is 23.2 Å². The number of halogens is 3. The lowest BCUT2D eigenvalue weighted by molar-refractivity contribution is -0.0639. The molecule has 3 heterocycles. The first-order valence-corrected chi connectivity index (χ1v) is 5.64. The number of nitrogens with zero attached hydrogens (tertiary/aromatic N) is 3. The van der Waals surface area contributed by atoms with Gasteiger partial charge >= 0.3 is 4.59 Å². The molecule has 0 atom stereocenters. The molecule has 0 spiro atoms. The fourth-order valence-electron chi connectivity index (χ4n) is 2.22. The summed E-state index contributed by atoms with van der Waals surface area (Å²) < 4.78 is 11.8. The lowest BCUT2D eigenvalue weighted by Crippen LogP contribution is -2.62. The molecule has 3 saturated heterocycles. The second kappa shape index (κ2) is 2.74. The zero-order chi connectivity index (χ0) is 9.97. The highest BCUT2D eigenvalue weighted by Gasteiger charge is 2.69. The zero-order valence-corrected chi connectivity index (χ0v) is 9.23. The predicted octanol–water partition coefficient (Wildman–Crippen LogP) is 0.688. The average Bonchev–Trinajstić information content (AvgIpc) is 2.94. The largest absolute Gasteiger partial charge is 0.303 e. The molecule has 0 aliphatic carbocycles. The van der Waals surface area contributed by atoms with E-state index in [9.17, 15) is 4.39 Å². The summed E-state index contributed by atoms with van der Waals surface area (Å²) in [5.74, 6) is -0.865. The van der Waals surface area contributed by atoms with Gasteiger partial charge in [-0.3, -0.25) is 14.7 Å². The highest BCUT2D eigenvalue weighted by molar-refractivity contribution is 6.48. The van der Waals surface area contributed by atoms with Gasteiger partial charge in [-0.15, -0.1) is 0 Å². The number of hydrogen-bond donors (Lipinski definition) is 0. The molecule has 0 saturated carbocycles. The Kier molecular flexibility index (Phi) is 1.88. The van der Waals surface area contributed by atoms with Crippen molar-refractivity contribution in [1.82, 2.24) is 14.7 Å². The van der Waals surface area contributed by atoms with Crippen LogP contribution in [-0.4, -0.2) is 64.3 Å². The zero-order valence-electron chi connectivity index (χ0n) is 7.72. The van der Waals surface area contributed by atoms with Gasteiger partial charge in [0.2, 0.25) is 0 Å². The summed E-state index contributed by atoms with van der Waals surface area (Å²) in [6.45, 7) is 5.32. The first kappa shape index (κ1) is 9.60. The van der Waals surface area contributed by atoms with Crippen molar-refractivity contribution in [3.05, 3.63) is 0 Å². The highest BCUT2D eigenvalue weighted by Crippen LogP contribution is 2.51. The minimum atomic E-state index is -2.21. The van der Waals surface area contributed by atoms with Gasteiger partial charge in [0.25, 0.3) is 0 Å². The fourth-order valence-corrected chi connectivity index (χ4v) is 2.94. The SMILES string of the molecule is FC(Cl)(Cl)C(N1CC1)(N1CC1)N1CC1. The van der Waals surface area contributed by atoms with Crippen molar-refractivity contribution >= 4 is 23.2 Å². The molecule has 0 bridgehead atoms. The fraction of sp³-hybridized carbons (Fsp3) is 1.00. The maximum absolute atomic E-state index is 14.0. The van der Waals surface area contributed by atoms with Gasteiger partial charge in [-0.05, 0) is 0 Å². The molecule has 0 unspecified atom stereocenters. The summed E-state index contributed by atoms with van der Waals surface area (Å²) in [6, 6.07) is 0. The molecule has 0 aromatic heterocycles. The van der Waals surface area contributed by atoms with Gasteiger partial charge < -0.3 is 0 Å². The summed E-state index contributed by atoms with van der Waals surface area (Å²) in [5, 5.41) is 0. The van der Waals surface area contributed by atoms with Crippen LogP contribution >= 0.6 is 23.2 Å². The van der Waals surface area contributed by atoms with E-state index in [1.165, 1.54) is 0 Å². The lowest BCUT2D eigenvalue weighted by atomic mass is 10.3. The minimum absolute atomic E-state index is 0.865. The molecule has 14 heavy (non-hydrogen) atoms. The Morgan fingerprint density at radius 1 is 0.786 bits per heavy atom. The molecule has 6 heteroatoms. The van der Waals surface area contributed by atoms with E-state index in [-0.39, 0.29) is 0 Å². The smallest absolute Gasteiger partial charge is 0.265 e. The summed E-state index contributed by atoms with van der Waals surface area (Å²) >= 11 is 11.5. The average molecular weight is 240 g/mol. The van der Waals surface area contributed by atoms with Crippen LogP contribution in [0.4, 0.5) is 4.39 Å². The molecular formula is C8H12Cl2FN3. The second-order valence-electron chi connectivity index (χ2n) is 4.09. The quantitative estimate of drug-likeness (QED) is 0.528. The van der Waals surface area contributed by atoms with Crippen molar-refractivity contribution < 1.29 is 4.39 Å². The molecule has 3 rings (SSSR count). The topological polar surface area (TPSA) is 9.03 Å². The van der Waals surface area contributed by atoms with Gasteiger partial charge in [0, 0.05) is 39.3 Å². The van der Waals surface area contributed by atoms with Gasteiger partial charge in [-0.2, -0.15) is 0 Å². The van der Waals surface area contributed by atoms with Crippen LogP contribution in [0, 0.1) is 0 Å². The van der Waals surface area contributed by atoms with Crippen molar-refractivity contribution in [2.24, 2.45) is 0 Å². The van der Waals surface area contributed by atoms with E-state index in [0.29, 0.717) is 0 Å². The monoisotopic (exact) mass is 239 g/mol. The Morgan fingerprint density at radius 2 is 1.07 bits per heavy atom. The van der Waals surface area contributed by atoms with E-state index in [0.717, 1.165) is 39.3 Å². The molecule has 0 aromatic carbocycles. The van der Waals surface area contributed by atoms with E-state index in [1.54, 1.807) is 0 Å². The van der Waals surface area contributed by atoms with Crippen molar-refractivity contribution in [3.63, 3.8) is 0 Å². The molecular weight excluding hydrogens is 228 g/mol. The third kappa shape index (κ3) is 1.21. The highest BCUT2D eigenvalue weighted by atomic mass is 35.5. The van der Waals surface area contributed by atoms with Crippen LogP contribution in [0.15, 0.2) is 0 Å². The third-order valence-corrected chi connectivity index (χ3v) is 3.55. The Bertz CT molecular complexity index is 225. The van der Waals surface area contributed by atoms with E-state index < -0.39 is 10.4 Å². The van der Waals surface area contributed by atoms with Crippen molar-refractivity contribution in [2.45, 2.75) is 10.4 Å². The first-order valence-electron chi connectivity index (χ1n) is 4.89. The van der Waals surface area contributed by atoms with Gasteiger partial charge in [0.05, 0.1) is 0 Å². The summed E-state index contributed by atoms with van der Waals surface area (Å²) in [6.07, 6.45) is 0. The van der Waals surface area contributed by atoms with Gasteiger partial charge in [0.15, 0.2) is 5.79 Å². The molecule has 3 aliphatic rings. The third-order valence-electron chi connectivity index (χ3n) is 3.04.